The van der Waals surface area contributed by atoms with Crippen LogP contribution < -0.4 is 11.0 Å². The van der Waals surface area contributed by atoms with Crippen LogP contribution in [0.3, 0.4) is 0 Å². The molecule has 0 aliphatic heterocycles. The van der Waals surface area contributed by atoms with Crippen molar-refractivity contribution in [1.29, 1.82) is 0 Å². The van der Waals surface area contributed by atoms with Gasteiger partial charge in [-0.3, -0.25) is 9.36 Å². The van der Waals surface area contributed by atoms with Crippen molar-refractivity contribution in [2.75, 3.05) is 5.43 Å². The number of hydrazone groups is 1. The molecule has 0 saturated carbocycles. The number of fused-ring (bicyclic) bond motifs is 1. The normalized spacial score (nSPS) is 11.8. The summed E-state index contributed by atoms with van der Waals surface area (Å²) in [5, 5.41) is 5.07. The molecular formula is C20H22N4O. The molecule has 1 N–H and O–H groups in total. The van der Waals surface area contributed by atoms with Crippen LogP contribution in [0.15, 0.2) is 52.4 Å². The van der Waals surface area contributed by atoms with Gasteiger partial charge in [-0.1, -0.05) is 35.9 Å². The molecule has 2 aromatic carbocycles. The molecular weight excluding hydrogens is 312 g/mol. The van der Waals surface area contributed by atoms with Crippen molar-refractivity contribution in [1.82, 2.24) is 9.55 Å². The van der Waals surface area contributed by atoms with Gasteiger partial charge in [0.1, 0.15) is 0 Å². The minimum Gasteiger partial charge on any atom is -0.277 e. The summed E-state index contributed by atoms with van der Waals surface area (Å²) in [4.78, 5) is 17.2. The van der Waals surface area contributed by atoms with Crippen molar-refractivity contribution in [3.8, 4) is 0 Å². The van der Waals surface area contributed by atoms with Crippen molar-refractivity contribution in [2.45, 2.75) is 34.2 Å². The number of anilines is 1. The van der Waals surface area contributed by atoms with Crippen LogP contribution in [0.4, 0.5) is 5.95 Å². The summed E-state index contributed by atoms with van der Waals surface area (Å²) in [7, 11) is 0. The number of aromatic nitrogens is 2. The molecule has 1 heterocycles. The van der Waals surface area contributed by atoms with E-state index in [0.717, 1.165) is 11.3 Å². The Balaban J connectivity index is 2.01. The maximum Gasteiger partial charge on any atom is 0.262 e. The predicted molar refractivity (Wildman–Crippen MR) is 103 cm³/mol. The molecule has 5 heteroatoms. The lowest BCUT2D eigenvalue weighted by molar-refractivity contribution is 0.724. The summed E-state index contributed by atoms with van der Waals surface area (Å²) in [5.74, 6) is 0.454. The molecule has 0 atom stereocenters. The summed E-state index contributed by atoms with van der Waals surface area (Å²) in [6.45, 7) is 8.53. The monoisotopic (exact) mass is 334 g/mol. The number of benzene rings is 2. The van der Waals surface area contributed by atoms with E-state index in [1.54, 1.807) is 10.6 Å². The van der Waals surface area contributed by atoms with Crippen LogP contribution in [0.5, 0.6) is 0 Å². The first-order chi connectivity index (χ1) is 12.0. The Kier molecular flexibility index (Phi) is 4.65. The van der Waals surface area contributed by atoms with Crippen LogP contribution in [-0.4, -0.2) is 15.3 Å². The first kappa shape index (κ1) is 16.9. The molecule has 1 aromatic heterocycles. The number of hydrogen-bond acceptors (Lipinski definition) is 4. The Labute approximate surface area is 147 Å². The fourth-order valence-electron chi connectivity index (χ4n) is 2.96. The topological polar surface area (TPSA) is 59.3 Å². The lowest BCUT2D eigenvalue weighted by Crippen LogP contribution is -2.23. The maximum atomic E-state index is 12.6. The third-order valence-electron chi connectivity index (χ3n) is 4.27. The zero-order chi connectivity index (χ0) is 18.0. The molecule has 0 unspecified atom stereocenters. The lowest BCUT2D eigenvalue weighted by Gasteiger charge is -2.12. The van der Waals surface area contributed by atoms with Gasteiger partial charge in [0.05, 0.1) is 16.6 Å². The highest BCUT2D eigenvalue weighted by Gasteiger charge is 2.09. The van der Waals surface area contributed by atoms with Gasteiger partial charge in [0, 0.05) is 12.1 Å². The van der Waals surface area contributed by atoms with Crippen molar-refractivity contribution in [3.63, 3.8) is 0 Å². The minimum absolute atomic E-state index is 0.0602. The van der Waals surface area contributed by atoms with Crippen LogP contribution in [0, 0.1) is 13.8 Å². The van der Waals surface area contributed by atoms with Crippen molar-refractivity contribution in [2.24, 2.45) is 5.10 Å². The van der Waals surface area contributed by atoms with E-state index in [1.165, 1.54) is 11.1 Å². The van der Waals surface area contributed by atoms with E-state index in [1.807, 2.05) is 32.0 Å². The Morgan fingerprint density at radius 3 is 2.68 bits per heavy atom. The molecule has 0 spiro atoms. The van der Waals surface area contributed by atoms with E-state index in [2.05, 4.69) is 47.6 Å². The van der Waals surface area contributed by atoms with E-state index in [-0.39, 0.29) is 5.56 Å². The van der Waals surface area contributed by atoms with E-state index in [4.69, 9.17) is 0 Å². The Bertz CT molecular complexity index is 1020. The molecule has 0 radical (unpaired) electrons. The Hall–Kier alpha value is -2.95. The molecule has 0 bridgehead atoms. The highest BCUT2D eigenvalue weighted by atomic mass is 16.1. The van der Waals surface area contributed by atoms with Gasteiger partial charge in [0.2, 0.25) is 5.95 Å². The number of para-hydroxylation sites is 1. The standard InChI is InChI=1S/C20H22N4O/c1-5-24-19(25)17-8-6-7-9-18(17)21-20(24)23-22-15(4)16-11-10-13(2)12-14(16)3/h6-12H,5H2,1-4H3,(H,21,23)/b22-15-. The molecule has 3 aromatic rings. The van der Waals surface area contributed by atoms with Crippen molar-refractivity contribution in [3.05, 3.63) is 69.5 Å². The highest BCUT2D eigenvalue weighted by Crippen LogP contribution is 2.14. The van der Waals surface area contributed by atoms with Gasteiger partial charge in [-0.2, -0.15) is 5.10 Å². The first-order valence-corrected chi connectivity index (χ1v) is 8.38. The molecule has 0 aliphatic rings. The van der Waals surface area contributed by atoms with Crippen LogP contribution in [0.25, 0.3) is 10.9 Å². The third kappa shape index (κ3) is 3.31. The summed E-state index contributed by atoms with van der Waals surface area (Å²) in [6, 6.07) is 13.6. The Morgan fingerprint density at radius 1 is 1.20 bits per heavy atom. The average molecular weight is 334 g/mol. The summed E-state index contributed by atoms with van der Waals surface area (Å²) in [5.41, 5.74) is 7.89. The number of nitrogens with zero attached hydrogens (tertiary/aromatic N) is 3. The second kappa shape index (κ2) is 6.89. The summed E-state index contributed by atoms with van der Waals surface area (Å²) in [6.07, 6.45) is 0. The van der Waals surface area contributed by atoms with Crippen LogP contribution in [-0.2, 0) is 6.54 Å². The fourth-order valence-corrected chi connectivity index (χ4v) is 2.96. The highest BCUT2D eigenvalue weighted by molar-refractivity contribution is 6.00. The van der Waals surface area contributed by atoms with Gasteiger partial charge >= 0.3 is 0 Å². The molecule has 0 amide bonds. The average Bonchev–Trinajstić information content (AvgIpc) is 2.60. The summed E-state index contributed by atoms with van der Waals surface area (Å²) >= 11 is 0. The van der Waals surface area contributed by atoms with E-state index in [0.29, 0.717) is 23.4 Å². The lowest BCUT2D eigenvalue weighted by atomic mass is 10.0. The number of rotatable bonds is 4. The second-order valence-corrected chi connectivity index (χ2v) is 6.13. The van der Waals surface area contributed by atoms with Gasteiger partial charge in [-0.25, -0.2) is 10.4 Å². The summed E-state index contributed by atoms with van der Waals surface area (Å²) < 4.78 is 1.60. The van der Waals surface area contributed by atoms with E-state index >= 15 is 0 Å². The Morgan fingerprint density at radius 2 is 1.96 bits per heavy atom. The smallest absolute Gasteiger partial charge is 0.262 e. The van der Waals surface area contributed by atoms with Gasteiger partial charge in [0.25, 0.3) is 5.56 Å². The minimum atomic E-state index is -0.0602. The van der Waals surface area contributed by atoms with Crippen LogP contribution in [0.1, 0.15) is 30.5 Å². The zero-order valence-corrected chi connectivity index (χ0v) is 15.0. The molecule has 5 nitrogen and oxygen atoms in total. The number of nitrogens with one attached hydrogen (secondary N) is 1. The number of aryl methyl sites for hydroxylation is 2. The molecule has 25 heavy (non-hydrogen) atoms. The first-order valence-electron chi connectivity index (χ1n) is 8.38. The van der Waals surface area contributed by atoms with Crippen LogP contribution >= 0.6 is 0 Å². The zero-order valence-electron chi connectivity index (χ0n) is 15.0. The van der Waals surface area contributed by atoms with E-state index in [9.17, 15) is 4.79 Å². The maximum absolute atomic E-state index is 12.6. The molecule has 3 rings (SSSR count). The SMILES string of the molecule is CCn1c(N/N=C(/C)c2ccc(C)cc2C)nc2ccccc2c1=O. The van der Waals surface area contributed by atoms with Gasteiger partial charge in [-0.15, -0.1) is 0 Å². The van der Waals surface area contributed by atoms with Crippen LogP contribution in [0.2, 0.25) is 0 Å². The van der Waals surface area contributed by atoms with Gasteiger partial charge in [0.15, 0.2) is 0 Å². The molecule has 0 aliphatic carbocycles. The fraction of sp³-hybridized carbons (Fsp3) is 0.250. The van der Waals surface area contributed by atoms with E-state index < -0.39 is 0 Å². The largest absolute Gasteiger partial charge is 0.277 e. The van der Waals surface area contributed by atoms with Gasteiger partial charge in [-0.05, 0) is 45.4 Å². The second-order valence-electron chi connectivity index (χ2n) is 6.13. The molecule has 128 valence electrons. The van der Waals surface area contributed by atoms with Crippen molar-refractivity contribution < 1.29 is 0 Å². The molecule has 0 saturated heterocycles. The molecule has 0 fully saturated rings. The van der Waals surface area contributed by atoms with Crippen molar-refractivity contribution >= 4 is 22.6 Å². The predicted octanol–water partition coefficient (Wildman–Crippen LogP) is 3.87. The quantitative estimate of drug-likeness (QED) is 0.582. The number of hydrogen-bond donors (Lipinski definition) is 1. The van der Waals surface area contributed by atoms with Gasteiger partial charge < -0.3 is 0 Å². The third-order valence-corrected chi connectivity index (χ3v) is 4.27.